The summed E-state index contributed by atoms with van der Waals surface area (Å²) in [5.41, 5.74) is 3.49. The van der Waals surface area contributed by atoms with Crippen LogP contribution in [0.3, 0.4) is 0 Å². The van der Waals surface area contributed by atoms with E-state index in [2.05, 4.69) is 9.88 Å². The van der Waals surface area contributed by atoms with Gasteiger partial charge in [-0.15, -0.1) is 11.3 Å². The first-order valence-electron chi connectivity index (χ1n) is 8.69. The predicted octanol–water partition coefficient (Wildman–Crippen LogP) is 3.26. The fraction of sp³-hybridized carbons (Fsp3) is 0.368. The van der Waals surface area contributed by atoms with Crippen LogP contribution in [-0.2, 0) is 11.2 Å². The summed E-state index contributed by atoms with van der Waals surface area (Å²) in [6.45, 7) is 6.15. The largest absolute Gasteiger partial charge is 0.379 e. The lowest BCUT2D eigenvalue weighted by Crippen LogP contribution is -2.38. The molecule has 4 rings (SSSR count). The first-order valence-corrected chi connectivity index (χ1v) is 9.95. The van der Waals surface area contributed by atoms with Gasteiger partial charge in [0.2, 0.25) is 0 Å². The summed E-state index contributed by atoms with van der Waals surface area (Å²) in [4.78, 5) is 20.9. The third kappa shape index (κ3) is 3.42. The number of benzene rings is 1. The molecule has 0 radical (unpaired) electrons. The molecule has 2 aromatic heterocycles. The molecule has 5 nitrogen and oxygen atoms in total. The molecular weight excluding hydrogens is 370 g/mol. The van der Waals surface area contributed by atoms with Gasteiger partial charge >= 0.3 is 0 Å². The van der Waals surface area contributed by atoms with E-state index in [0.717, 1.165) is 60.3 Å². The summed E-state index contributed by atoms with van der Waals surface area (Å²) in [7, 11) is 0. The van der Waals surface area contributed by atoms with Crippen molar-refractivity contribution in [2.45, 2.75) is 13.3 Å². The molecule has 3 heterocycles. The van der Waals surface area contributed by atoms with E-state index < -0.39 is 0 Å². The molecule has 0 bridgehead atoms. The fourth-order valence-electron chi connectivity index (χ4n) is 3.29. The zero-order valence-electron chi connectivity index (χ0n) is 14.6. The lowest BCUT2D eigenvalue weighted by Gasteiger charge is -2.26. The van der Waals surface area contributed by atoms with Crippen LogP contribution in [0.1, 0.15) is 11.3 Å². The first-order chi connectivity index (χ1) is 12.6. The van der Waals surface area contributed by atoms with Crippen LogP contribution < -0.4 is 5.56 Å². The summed E-state index contributed by atoms with van der Waals surface area (Å²) < 4.78 is 7.12. The number of morpholine rings is 1. The summed E-state index contributed by atoms with van der Waals surface area (Å²) in [5.74, 6) is 0. The Bertz CT molecular complexity index is 975. The molecule has 0 aliphatic carbocycles. The minimum Gasteiger partial charge on any atom is -0.379 e. The number of fused-ring (bicyclic) bond motifs is 1. The van der Waals surface area contributed by atoms with Gasteiger partial charge in [0.25, 0.3) is 5.56 Å². The van der Waals surface area contributed by atoms with Crippen molar-refractivity contribution in [1.82, 2.24) is 14.3 Å². The SMILES string of the molecule is Cc1nc2scc(-c3ccc(Cl)cc3)n2c(=O)c1CCN1CCOCC1. The number of hydrogen-bond donors (Lipinski definition) is 0. The second kappa shape index (κ2) is 7.48. The molecule has 1 saturated heterocycles. The molecular formula is C19H20ClN3O2S. The highest BCUT2D eigenvalue weighted by Crippen LogP contribution is 2.26. The van der Waals surface area contributed by atoms with Crippen LogP contribution in [0.5, 0.6) is 0 Å². The van der Waals surface area contributed by atoms with Crippen LogP contribution in [0.25, 0.3) is 16.2 Å². The molecule has 0 atom stereocenters. The first kappa shape index (κ1) is 17.7. The lowest BCUT2D eigenvalue weighted by molar-refractivity contribution is 0.0384. The molecule has 136 valence electrons. The average Bonchev–Trinajstić information content (AvgIpc) is 3.07. The third-order valence-corrected chi connectivity index (χ3v) is 5.87. The number of ether oxygens (including phenoxy) is 1. The smallest absolute Gasteiger partial charge is 0.262 e. The molecule has 0 amide bonds. The normalized spacial score (nSPS) is 15.6. The van der Waals surface area contributed by atoms with E-state index in [1.807, 2.05) is 36.6 Å². The summed E-state index contributed by atoms with van der Waals surface area (Å²) in [5, 5.41) is 2.67. The van der Waals surface area contributed by atoms with Gasteiger partial charge in [0.15, 0.2) is 4.96 Å². The van der Waals surface area contributed by atoms with Gasteiger partial charge < -0.3 is 4.74 Å². The third-order valence-electron chi connectivity index (χ3n) is 4.79. The highest BCUT2D eigenvalue weighted by molar-refractivity contribution is 7.15. The van der Waals surface area contributed by atoms with Crippen molar-refractivity contribution in [3.8, 4) is 11.3 Å². The van der Waals surface area contributed by atoms with Gasteiger partial charge in [-0.3, -0.25) is 14.1 Å². The zero-order valence-corrected chi connectivity index (χ0v) is 16.1. The number of nitrogens with zero attached hydrogens (tertiary/aromatic N) is 3. The van der Waals surface area contributed by atoms with Crippen molar-refractivity contribution in [2.24, 2.45) is 0 Å². The van der Waals surface area contributed by atoms with Gasteiger partial charge in [0.05, 0.1) is 18.9 Å². The summed E-state index contributed by atoms with van der Waals surface area (Å²) in [6.07, 6.45) is 0.705. The van der Waals surface area contributed by atoms with E-state index in [9.17, 15) is 4.79 Å². The Labute approximate surface area is 160 Å². The van der Waals surface area contributed by atoms with Crippen LogP contribution in [0.4, 0.5) is 0 Å². The maximum Gasteiger partial charge on any atom is 0.262 e. The van der Waals surface area contributed by atoms with Gasteiger partial charge in [-0.25, -0.2) is 4.98 Å². The number of halogens is 1. The Morgan fingerprint density at radius 2 is 1.96 bits per heavy atom. The van der Waals surface area contributed by atoms with Crippen LogP contribution >= 0.6 is 22.9 Å². The van der Waals surface area contributed by atoms with Crippen LogP contribution in [0.15, 0.2) is 34.4 Å². The van der Waals surface area contributed by atoms with E-state index in [4.69, 9.17) is 16.3 Å². The maximum absolute atomic E-state index is 13.2. The van der Waals surface area contributed by atoms with Gasteiger partial charge in [0.1, 0.15) is 0 Å². The lowest BCUT2D eigenvalue weighted by atomic mass is 10.1. The number of rotatable bonds is 4. The molecule has 7 heteroatoms. The molecule has 1 aromatic carbocycles. The summed E-state index contributed by atoms with van der Waals surface area (Å²) >= 11 is 7.48. The van der Waals surface area contributed by atoms with Crippen molar-refractivity contribution >= 4 is 27.9 Å². The molecule has 1 aliphatic heterocycles. The van der Waals surface area contributed by atoms with Gasteiger partial charge in [-0.05, 0) is 31.0 Å². The Hall–Kier alpha value is -1.73. The Kier molecular flexibility index (Phi) is 5.09. The van der Waals surface area contributed by atoms with Gasteiger partial charge in [-0.2, -0.15) is 0 Å². The highest BCUT2D eigenvalue weighted by Gasteiger charge is 2.17. The quantitative estimate of drug-likeness (QED) is 0.687. The van der Waals surface area contributed by atoms with Crippen LogP contribution in [0, 0.1) is 6.92 Å². The fourth-order valence-corrected chi connectivity index (χ4v) is 4.35. The monoisotopic (exact) mass is 389 g/mol. The second-order valence-electron chi connectivity index (χ2n) is 6.43. The van der Waals surface area contributed by atoms with Crippen molar-refractivity contribution < 1.29 is 4.74 Å². The number of aromatic nitrogens is 2. The standard InChI is InChI=1S/C19H20ClN3O2S/c1-13-16(6-7-22-8-10-25-11-9-22)18(24)23-17(12-26-19(23)21-13)14-2-4-15(20)5-3-14/h2-5,12H,6-11H2,1H3. The predicted molar refractivity (Wildman–Crippen MR) is 105 cm³/mol. The van der Waals surface area contributed by atoms with Crippen molar-refractivity contribution in [2.75, 3.05) is 32.8 Å². The van der Waals surface area contributed by atoms with E-state index in [0.29, 0.717) is 11.4 Å². The minimum atomic E-state index is 0.0342. The van der Waals surface area contributed by atoms with E-state index >= 15 is 0 Å². The Balaban J connectivity index is 1.71. The number of hydrogen-bond acceptors (Lipinski definition) is 5. The van der Waals surface area contributed by atoms with Crippen molar-refractivity contribution in [1.29, 1.82) is 0 Å². The molecule has 3 aromatic rings. The summed E-state index contributed by atoms with van der Waals surface area (Å²) in [6, 6.07) is 7.55. The van der Waals surface area contributed by atoms with Crippen molar-refractivity contribution in [3.63, 3.8) is 0 Å². The molecule has 0 unspecified atom stereocenters. The highest BCUT2D eigenvalue weighted by atomic mass is 35.5. The molecule has 1 fully saturated rings. The van der Waals surface area contributed by atoms with E-state index in [-0.39, 0.29) is 5.56 Å². The molecule has 0 saturated carbocycles. The zero-order chi connectivity index (χ0) is 18.1. The molecule has 0 spiro atoms. The van der Waals surface area contributed by atoms with Crippen LogP contribution in [-0.4, -0.2) is 47.1 Å². The maximum atomic E-state index is 13.2. The molecule has 26 heavy (non-hydrogen) atoms. The van der Waals surface area contributed by atoms with Gasteiger partial charge in [0, 0.05) is 41.3 Å². The average molecular weight is 390 g/mol. The minimum absolute atomic E-state index is 0.0342. The van der Waals surface area contributed by atoms with E-state index in [1.165, 1.54) is 11.3 Å². The molecule has 1 aliphatic rings. The van der Waals surface area contributed by atoms with Gasteiger partial charge in [-0.1, -0.05) is 23.7 Å². The van der Waals surface area contributed by atoms with Crippen LogP contribution in [0.2, 0.25) is 5.02 Å². The number of aryl methyl sites for hydroxylation is 1. The second-order valence-corrected chi connectivity index (χ2v) is 7.70. The topological polar surface area (TPSA) is 46.8 Å². The van der Waals surface area contributed by atoms with Crippen molar-refractivity contribution in [3.05, 3.63) is 56.3 Å². The Morgan fingerprint density at radius 3 is 2.69 bits per heavy atom. The Morgan fingerprint density at radius 1 is 1.23 bits per heavy atom. The number of thiazole rings is 1. The van der Waals surface area contributed by atoms with E-state index in [1.54, 1.807) is 4.40 Å². The molecule has 0 N–H and O–H groups in total.